The van der Waals surface area contributed by atoms with Crippen molar-refractivity contribution in [1.82, 2.24) is 4.90 Å². The van der Waals surface area contributed by atoms with Crippen LogP contribution in [0.4, 0.5) is 4.39 Å². The fourth-order valence-corrected chi connectivity index (χ4v) is 9.34. The second kappa shape index (κ2) is 10.6. The number of hydrogen-bond acceptors (Lipinski definition) is 6. The first-order chi connectivity index (χ1) is 18.8. The van der Waals surface area contributed by atoms with Crippen molar-refractivity contribution in [3.8, 4) is 5.75 Å². The van der Waals surface area contributed by atoms with Crippen molar-refractivity contribution in [2.24, 2.45) is 0 Å². The summed E-state index contributed by atoms with van der Waals surface area (Å²) in [4.78, 5) is 14.4. The molecule has 1 saturated heterocycles. The average molecular weight is 627 g/mol. The Morgan fingerprint density at radius 1 is 1.05 bits per heavy atom. The summed E-state index contributed by atoms with van der Waals surface area (Å²) in [7, 11) is -7.80. The largest absolute Gasteiger partial charge is 0.489 e. The molecule has 1 aliphatic carbocycles. The van der Waals surface area contributed by atoms with Crippen LogP contribution in [-0.4, -0.2) is 52.2 Å². The highest BCUT2D eigenvalue weighted by molar-refractivity contribution is 7.92. The molecule has 0 spiro atoms. The van der Waals surface area contributed by atoms with Gasteiger partial charge in [0.05, 0.1) is 10.9 Å². The first-order valence-corrected chi connectivity index (χ1v) is 16.8. The Labute approximate surface area is 242 Å². The second-order valence-electron chi connectivity index (χ2n) is 10.1. The normalized spacial score (nSPS) is 20.6. The van der Waals surface area contributed by atoms with Crippen LogP contribution in [-0.2, 0) is 42.2 Å². The zero-order valence-electron chi connectivity index (χ0n) is 21.4. The third-order valence-corrected chi connectivity index (χ3v) is 11.6. The Morgan fingerprint density at radius 3 is 2.38 bits per heavy atom. The number of carbonyl (C=O) groups excluding carboxylic acids is 1. The van der Waals surface area contributed by atoms with Gasteiger partial charge in [0, 0.05) is 28.4 Å². The summed E-state index contributed by atoms with van der Waals surface area (Å²) < 4.78 is 70.6. The van der Waals surface area contributed by atoms with Crippen molar-refractivity contribution < 1.29 is 30.8 Å². The fourth-order valence-electron chi connectivity index (χ4n) is 5.85. The number of aryl methyl sites for hydroxylation is 1. The van der Waals surface area contributed by atoms with Crippen LogP contribution in [0.15, 0.2) is 65.6 Å². The summed E-state index contributed by atoms with van der Waals surface area (Å²) in [5.74, 6) is -1.43. The van der Waals surface area contributed by atoms with Gasteiger partial charge in [0.1, 0.15) is 28.7 Å². The highest BCUT2D eigenvalue weighted by atomic mass is 35.5. The van der Waals surface area contributed by atoms with Gasteiger partial charge in [-0.3, -0.25) is 4.79 Å². The van der Waals surface area contributed by atoms with Crippen LogP contribution in [0.3, 0.4) is 0 Å². The van der Waals surface area contributed by atoms with Crippen molar-refractivity contribution in [1.29, 1.82) is 0 Å². The van der Waals surface area contributed by atoms with E-state index < -0.39 is 47.9 Å². The highest BCUT2D eigenvalue weighted by Crippen LogP contribution is 2.53. The third kappa shape index (κ3) is 5.11. The topological polar surface area (TPSA) is 97.8 Å². The number of benzene rings is 3. The highest BCUT2D eigenvalue weighted by Gasteiger charge is 2.60. The van der Waals surface area contributed by atoms with Crippen LogP contribution in [0.1, 0.15) is 29.5 Å². The van der Waals surface area contributed by atoms with Crippen LogP contribution < -0.4 is 4.74 Å². The first-order valence-electron chi connectivity index (χ1n) is 12.5. The second-order valence-corrected chi connectivity index (χ2v) is 15.3. The van der Waals surface area contributed by atoms with E-state index in [4.69, 9.17) is 27.9 Å². The molecular weight excluding hydrogens is 600 g/mol. The van der Waals surface area contributed by atoms with Crippen LogP contribution in [0.5, 0.6) is 5.75 Å². The molecule has 0 unspecified atom stereocenters. The smallest absolute Gasteiger partial charge is 0.238 e. The predicted octanol–water partition coefficient (Wildman–Crippen LogP) is 4.97. The van der Waals surface area contributed by atoms with E-state index in [0.29, 0.717) is 39.8 Å². The number of carbonyl (C=O) groups is 1. The van der Waals surface area contributed by atoms with E-state index in [1.165, 1.54) is 17.0 Å². The number of halogens is 3. The number of likely N-dealkylation sites (tertiary alicyclic amines) is 1. The summed E-state index contributed by atoms with van der Waals surface area (Å²) in [6.45, 7) is 0.175. The van der Waals surface area contributed by atoms with Gasteiger partial charge in [-0.25, -0.2) is 21.2 Å². The van der Waals surface area contributed by atoms with Crippen LogP contribution in [0.25, 0.3) is 0 Å². The number of fused-ring (bicyclic) bond motifs is 3. The molecular formula is C28H26Cl2FNO6S2. The van der Waals surface area contributed by atoms with Crippen LogP contribution in [0, 0.1) is 5.82 Å². The van der Waals surface area contributed by atoms with Crippen molar-refractivity contribution in [3.05, 3.63) is 93.2 Å². The summed E-state index contributed by atoms with van der Waals surface area (Å²) in [5, 5.41) is 0.921. The number of rotatable bonds is 7. The van der Waals surface area contributed by atoms with E-state index >= 15 is 0 Å². The first kappa shape index (κ1) is 28.9. The summed E-state index contributed by atoms with van der Waals surface area (Å²) in [6, 6.07) is 14.1. The number of amides is 1. The quantitative estimate of drug-likeness (QED) is 0.344. The maximum absolute atomic E-state index is 14.3. The zero-order chi connectivity index (χ0) is 28.9. The minimum Gasteiger partial charge on any atom is -0.489 e. The Hall–Kier alpha value is -2.66. The lowest BCUT2D eigenvalue weighted by molar-refractivity contribution is -0.129. The minimum atomic E-state index is -4.17. The molecule has 0 radical (unpaired) electrons. The number of ether oxygens (including phenoxy) is 1. The molecule has 0 saturated carbocycles. The van der Waals surface area contributed by atoms with Crippen LogP contribution >= 0.6 is 23.2 Å². The lowest BCUT2D eigenvalue weighted by Gasteiger charge is -2.42. The molecule has 212 valence electrons. The zero-order valence-corrected chi connectivity index (χ0v) is 24.6. The molecule has 40 heavy (non-hydrogen) atoms. The van der Waals surface area contributed by atoms with E-state index in [9.17, 15) is 26.0 Å². The monoisotopic (exact) mass is 625 g/mol. The summed E-state index contributed by atoms with van der Waals surface area (Å²) in [6.07, 6.45) is 1.77. The van der Waals surface area contributed by atoms with Gasteiger partial charge >= 0.3 is 0 Å². The molecule has 3 aromatic carbocycles. The van der Waals surface area contributed by atoms with Gasteiger partial charge in [-0.2, -0.15) is 0 Å². The van der Waals surface area contributed by atoms with Crippen LogP contribution in [0.2, 0.25) is 10.0 Å². The Bertz CT molecular complexity index is 1680. The lowest BCUT2D eigenvalue weighted by Crippen LogP contribution is -2.52. The maximum atomic E-state index is 14.3. The molecule has 1 heterocycles. The van der Waals surface area contributed by atoms with E-state index in [1.54, 1.807) is 36.4 Å². The molecule has 5 rings (SSSR count). The van der Waals surface area contributed by atoms with E-state index in [2.05, 4.69) is 0 Å². The number of hydrogen-bond donors (Lipinski definition) is 0. The standard InChI is InChI=1S/C28H26Cl2FNO6S2/c1-39(34,35)17-27(33)32-14-13-28(40(36,37)21-9-6-19(31)7-10-21)23-11-8-20(15-18(23)5-12-26(28)32)38-16-22-24(29)3-2-4-25(22)30/h2-4,6-11,15,26H,5,12-14,16-17H2,1H3/t26-,28-/m1/s1. The van der Waals surface area contributed by atoms with Gasteiger partial charge < -0.3 is 9.64 Å². The Kier molecular flexibility index (Phi) is 7.67. The fraction of sp³-hybridized carbons (Fsp3) is 0.321. The Balaban J connectivity index is 1.56. The summed E-state index contributed by atoms with van der Waals surface area (Å²) in [5.41, 5.74) is 1.88. The number of nitrogens with zero attached hydrogens (tertiary/aromatic N) is 1. The molecule has 1 aliphatic heterocycles. The average Bonchev–Trinajstić information content (AvgIpc) is 3.29. The third-order valence-electron chi connectivity index (χ3n) is 7.61. The molecule has 12 heteroatoms. The molecule has 1 fully saturated rings. The molecule has 1 amide bonds. The van der Waals surface area contributed by atoms with Gasteiger partial charge in [-0.1, -0.05) is 35.3 Å². The Morgan fingerprint density at radius 2 is 1.73 bits per heavy atom. The van der Waals surface area contributed by atoms with Crippen molar-refractivity contribution in [2.75, 3.05) is 18.6 Å². The van der Waals surface area contributed by atoms with Crippen molar-refractivity contribution >= 4 is 48.8 Å². The molecule has 7 nitrogen and oxygen atoms in total. The van der Waals surface area contributed by atoms with Gasteiger partial charge in [0.15, 0.2) is 19.7 Å². The van der Waals surface area contributed by atoms with Gasteiger partial charge in [-0.15, -0.1) is 0 Å². The predicted molar refractivity (Wildman–Crippen MR) is 151 cm³/mol. The van der Waals surface area contributed by atoms with Crippen molar-refractivity contribution in [3.63, 3.8) is 0 Å². The summed E-state index contributed by atoms with van der Waals surface area (Å²) >= 11 is 12.5. The molecule has 3 aromatic rings. The molecule has 0 aromatic heterocycles. The molecule has 0 N–H and O–H groups in total. The molecule has 2 aliphatic rings. The number of sulfone groups is 2. The van der Waals surface area contributed by atoms with Gasteiger partial charge in [0.2, 0.25) is 5.91 Å². The minimum absolute atomic E-state index is 0.0648. The van der Waals surface area contributed by atoms with Crippen molar-refractivity contribution in [2.45, 2.75) is 41.6 Å². The van der Waals surface area contributed by atoms with Gasteiger partial charge in [0.25, 0.3) is 0 Å². The molecule has 2 atom stereocenters. The SMILES string of the molecule is CS(=O)(=O)CC(=O)N1CC[C@@]2(S(=O)(=O)c3ccc(F)cc3)c3ccc(OCc4c(Cl)cccc4Cl)cc3CC[C@@H]12. The lowest BCUT2D eigenvalue weighted by atomic mass is 9.78. The van der Waals surface area contributed by atoms with E-state index in [1.807, 2.05) is 0 Å². The van der Waals surface area contributed by atoms with E-state index in [0.717, 1.165) is 24.0 Å². The van der Waals surface area contributed by atoms with E-state index in [-0.39, 0.29) is 24.5 Å². The molecule has 0 bridgehead atoms. The van der Waals surface area contributed by atoms with Gasteiger partial charge in [-0.05, 0) is 78.9 Å². The maximum Gasteiger partial charge on any atom is 0.238 e.